The fourth-order valence-corrected chi connectivity index (χ4v) is 4.23. The fraction of sp³-hybridized carbons (Fsp3) is 0.944. The van der Waals surface area contributed by atoms with Gasteiger partial charge >= 0.3 is 0 Å². The van der Waals surface area contributed by atoms with Crippen molar-refractivity contribution in [3.63, 3.8) is 0 Å². The summed E-state index contributed by atoms with van der Waals surface area (Å²) in [6.45, 7) is 9.08. The van der Waals surface area contributed by atoms with Crippen LogP contribution in [0.3, 0.4) is 0 Å². The van der Waals surface area contributed by atoms with Crippen molar-refractivity contribution in [1.82, 2.24) is 10.6 Å². The normalized spacial score (nSPS) is 30.5. The molecule has 130 valence electrons. The highest BCUT2D eigenvalue weighted by molar-refractivity contribution is 5.85. The van der Waals surface area contributed by atoms with Crippen molar-refractivity contribution < 1.29 is 4.79 Å². The zero-order chi connectivity index (χ0) is 15.2. The molecule has 0 aromatic heterocycles. The van der Waals surface area contributed by atoms with Crippen LogP contribution in [0.1, 0.15) is 65.7 Å². The van der Waals surface area contributed by atoms with E-state index in [-0.39, 0.29) is 18.3 Å². The minimum atomic E-state index is 0. The topological polar surface area (TPSA) is 41.1 Å². The van der Waals surface area contributed by atoms with Crippen molar-refractivity contribution >= 4 is 18.3 Å². The maximum absolute atomic E-state index is 12.4. The van der Waals surface area contributed by atoms with E-state index in [1.807, 2.05) is 0 Å². The molecule has 1 saturated carbocycles. The number of hydrogen-bond donors (Lipinski definition) is 2. The molecule has 3 nitrogen and oxygen atoms in total. The Balaban J connectivity index is 0.00000242. The van der Waals surface area contributed by atoms with Crippen molar-refractivity contribution in [1.29, 1.82) is 0 Å². The maximum Gasteiger partial charge on any atom is 0.220 e. The summed E-state index contributed by atoms with van der Waals surface area (Å²) in [6, 6.07) is 0.419. The number of halogens is 1. The molecule has 4 atom stereocenters. The summed E-state index contributed by atoms with van der Waals surface area (Å²) in [5.41, 5.74) is 0. The highest BCUT2D eigenvalue weighted by atomic mass is 35.5. The number of hydrogen-bond acceptors (Lipinski definition) is 2. The lowest BCUT2D eigenvalue weighted by Crippen LogP contribution is -2.45. The Morgan fingerprint density at radius 1 is 1.14 bits per heavy atom. The number of rotatable bonds is 5. The lowest BCUT2D eigenvalue weighted by Gasteiger charge is -2.35. The molecule has 1 heterocycles. The van der Waals surface area contributed by atoms with Crippen LogP contribution in [0.2, 0.25) is 0 Å². The molecule has 2 aliphatic rings. The van der Waals surface area contributed by atoms with Gasteiger partial charge in [-0.15, -0.1) is 12.4 Å². The van der Waals surface area contributed by atoms with E-state index >= 15 is 0 Å². The lowest BCUT2D eigenvalue weighted by atomic mass is 9.77. The monoisotopic (exact) mass is 330 g/mol. The Bertz CT molecular complexity index is 329. The Kier molecular flexibility index (Phi) is 8.78. The predicted molar refractivity (Wildman–Crippen MR) is 95.3 cm³/mol. The molecule has 1 aliphatic heterocycles. The Labute approximate surface area is 142 Å². The summed E-state index contributed by atoms with van der Waals surface area (Å²) in [6.07, 6.45) is 8.30. The first-order valence-corrected chi connectivity index (χ1v) is 9.08. The Hall–Kier alpha value is -0.280. The van der Waals surface area contributed by atoms with Crippen molar-refractivity contribution in [3.8, 4) is 0 Å². The summed E-state index contributed by atoms with van der Waals surface area (Å²) >= 11 is 0. The lowest BCUT2D eigenvalue weighted by molar-refractivity contribution is -0.123. The molecule has 0 radical (unpaired) electrons. The van der Waals surface area contributed by atoms with Gasteiger partial charge in [-0.05, 0) is 62.4 Å². The Morgan fingerprint density at radius 2 is 1.86 bits per heavy atom. The second kappa shape index (κ2) is 9.77. The van der Waals surface area contributed by atoms with Crippen LogP contribution in [0.15, 0.2) is 0 Å². The maximum atomic E-state index is 12.4. The van der Waals surface area contributed by atoms with Crippen molar-refractivity contribution in [2.24, 2.45) is 23.7 Å². The van der Waals surface area contributed by atoms with Gasteiger partial charge < -0.3 is 10.6 Å². The van der Waals surface area contributed by atoms with E-state index < -0.39 is 0 Å². The van der Waals surface area contributed by atoms with E-state index in [4.69, 9.17) is 0 Å². The first-order chi connectivity index (χ1) is 10.1. The van der Waals surface area contributed by atoms with Gasteiger partial charge in [-0.1, -0.05) is 33.6 Å². The van der Waals surface area contributed by atoms with E-state index in [0.29, 0.717) is 36.1 Å². The van der Waals surface area contributed by atoms with Crippen molar-refractivity contribution in [2.75, 3.05) is 13.1 Å². The molecule has 0 aromatic carbocycles. The Morgan fingerprint density at radius 3 is 2.50 bits per heavy atom. The summed E-state index contributed by atoms with van der Waals surface area (Å²) < 4.78 is 0. The largest absolute Gasteiger partial charge is 0.353 e. The smallest absolute Gasteiger partial charge is 0.220 e. The van der Waals surface area contributed by atoms with Gasteiger partial charge in [0.2, 0.25) is 5.91 Å². The third-order valence-electron chi connectivity index (χ3n) is 5.67. The number of nitrogens with one attached hydrogen (secondary N) is 2. The molecule has 1 saturated heterocycles. The van der Waals surface area contributed by atoms with Gasteiger partial charge in [0, 0.05) is 12.5 Å². The van der Waals surface area contributed by atoms with Crippen LogP contribution in [-0.4, -0.2) is 25.0 Å². The summed E-state index contributed by atoms with van der Waals surface area (Å²) in [4.78, 5) is 12.4. The van der Waals surface area contributed by atoms with Crippen LogP contribution in [0.4, 0.5) is 0 Å². The average Bonchev–Trinajstić information content (AvgIpc) is 2.48. The van der Waals surface area contributed by atoms with E-state index in [9.17, 15) is 4.79 Å². The van der Waals surface area contributed by atoms with Gasteiger partial charge in [0.15, 0.2) is 0 Å². The zero-order valence-corrected chi connectivity index (χ0v) is 15.4. The van der Waals surface area contributed by atoms with Gasteiger partial charge in [0.05, 0.1) is 0 Å². The molecule has 0 bridgehead atoms. The first kappa shape index (κ1) is 19.8. The molecule has 2 N–H and O–H groups in total. The number of carbonyl (C=O) groups excluding carboxylic acids is 1. The molecular weight excluding hydrogens is 296 g/mol. The van der Waals surface area contributed by atoms with Gasteiger partial charge in [0.1, 0.15) is 0 Å². The van der Waals surface area contributed by atoms with Crippen LogP contribution in [0, 0.1) is 23.7 Å². The molecule has 4 unspecified atom stereocenters. The molecule has 4 heteroatoms. The van der Waals surface area contributed by atoms with Crippen LogP contribution < -0.4 is 10.6 Å². The van der Waals surface area contributed by atoms with Crippen LogP contribution in [0.25, 0.3) is 0 Å². The zero-order valence-electron chi connectivity index (χ0n) is 14.6. The number of carbonyl (C=O) groups is 1. The van der Waals surface area contributed by atoms with Crippen molar-refractivity contribution in [3.05, 3.63) is 0 Å². The molecule has 0 aromatic rings. The SMILES string of the molecule is CC(C)C1CCCCC1NC(=O)CC(C)C1CCCNC1.Cl. The molecule has 2 fully saturated rings. The average molecular weight is 331 g/mol. The van der Waals surface area contributed by atoms with E-state index in [2.05, 4.69) is 31.4 Å². The molecule has 22 heavy (non-hydrogen) atoms. The third kappa shape index (κ3) is 5.73. The highest BCUT2D eigenvalue weighted by Crippen LogP contribution is 2.30. The van der Waals surface area contributed by atoms with Gasteiger partial charge in [-0.3, -0.25) is 4.79 Å². The van der Waals surface area contributed by atoms with Gasteiger partial charge in [-0.25, -0.2) is 0 Å². The molecule has 0 spiro atoms. The highest BCUT2D eigenvalue weighted by Gasteiger charge is 2.29. The number of amides is 1. The minimum Gasteiger partial charge on any atom is -0.353 e. The van der Waals surface area contributed by atoms with E-state index in [0.717, 1.165) is 13.1 Å². The van der Waals surface area contributed by atoms with Crippen LogP contribution in [0.5, 0.6) is 0 Å². The van der Waals surface area contributed by atoms with Gasteiger partial charge in [0.25, 0.3) is 0 Å². The number of piperidine rings is 1. The van der Waals surface area contributed by atoms with E-state index in [1.165, 1.54) is 38.5 Å². The summed E-state index contributed by atoms with van der Waals surface area (Å²) in [5.74, 6) is 2.81. The quantitative estimate of drug-likeness (QED) is 0.805. The summed E-state index contributed by atoms with van der Waals surface area (Å²) in [5, 5.41) is 6.82. The predicted octanol–water partition coefficient (Wildman–Crippen LogP) is 3.77. The molecule has 2 rings (SSSR count). The summed E-state index contributed by atoms with van der Waals surface area (Å²) in [7, 11) is 0. The van der Waals surface area contributed by atoms with E-state index in [1.54, 1.807) is 0 Å². The second-order valence-corrected chi connectivity index (χ2v) is 7.65. The van der Waals surface area contributed by atoms with Gasteiger partial charge in [-0.2, -0.15) is 0 Å². The van der Waals surface area contributed by atoms with Crippen LogP contribution in [-0.2, 0) is 4.79 Å². The molecular formula is C18H35ClN2O. The first-order valence-electron chi connectivity index (χ1n) is 9.08. The minimum absolute atomic E-state index is 0. The van der Waals surface area contributed by atoms with Crippen molar-refractivity contribution in [2.45, 2.75) is 71.8 Å². The molecule has 1 aliphatic carbocycles. The second-order valence-electron chi connectivity index (χ2n) is 7.65. The molecule has 1 amide bonds. The fourth-order valence-electron chi connectivity index (χ4n) is 4.23. The third-order valence-corrected chi connectivity index (χ3v) is 5.67. The standard InChI is InChI=1S/C18H34N2O.ClH/c1-13(2)16-8-4-5-9-17(16)20-18(21)11-14(3)15-7-6-10-19-12-15;/h13-17,19H,4-12H2,1-3H3,(H,20,21);1H. The van der Waals surface area contributed by atoms with Crippen LogP contribution >= 0.6 is 12.4 Å².